The molecule has 0 aliphatic heterocycles. The molecular formula is C16H12ClFN4O3. The van der Waals surface area contributed by atoms with Crippen molar-refractivity contribution in [2.24, 2.45) is 0 Å². The summed E-state index contributed by atoms with van der Waals surface area (Å²) in [4.78, 5) is 30.6. The van der Waals surface area contributed by atoms with Gasteiger partial charge in [-0.25, -0.2) is 9.37 Å². The van der Waals surface area contributed by atoms with E-state index in [4.69, 9.17) is 11.6 Å². The van der Waals surface area contributed by atoms with E-state index in [0.29, 0.717) is 11.1 Å². The number of fused-ring (bicyclic) bond motifs is 1. The van der Waals surface area contributed by atoms with Gasteiger partial charge in [0.15, 0.2) is 0 Å². The molecule has 0 aliphatic carbocycles. The summed E-state index contributed by atoms with van der Waals surface area (Å²) in [6, 6.07) is 6.99. The van der Waals surface area contributed by atoms with Gasteiger partial charge >= 0.3 is 0 Å². The highest BCUT2D eigenvalue weighted by Crippen LogP contribution is 2.31. The number of hydrogen-bond donors (Lipinski definition) is 1. The molecule has 2 aromatic carbocycles. The molecule has 1 heterocycles. The molecule has 1 aromatic heterocycles. The maximum Gasteiger partial charge on any atom is 0.293 e. The van der Waals surface area contributed by atoms with E-state index in [0.717, 1.165) is 0 Å². The van der Waals surface area contributed by atoms with E-state index >= 15 is 0 Å². The standard InChI is InChI=1S/C16H12ClFN4O3/c1-21(7-9-2-3-11(17)12(18)4-9)14-6-13-10(5-15(14)22(24)25)16(23)20-8-19-13/h2-6,8H,7H2,1H3,(H,19,20,23). The molecule has 0 saturated carbocycles. The summed E-state index contributed by atoms with van der Waals surface area (Å²) in [5.41, 5.74) is 0.507. The summed E-state index contributed by atoms with van der Waals surface area (Å²) in [5, 5.41) is 11.5. The van der Waals surface area contributed by atoms with Gasteiger partial charge in [-0.15, -0.1) is 0 Å². The fourth-order valence-electron chi connectivity index (χ4n) is 2.54. The molecule has 1 N–H and O–H groups in total. The van der Waals surface area contributed by atoms with Crippen LogP contribution in [-0.4, -0.2) is 21.9 Å². The van der Waals surface area contributed by atoms with E-state index in [2.05, 4.69) is 9.97 Å². The molecule has 0 atom stereocenters. The smallest absolute Gasteiger partial charge is 0.293 e. The predicted octanol–water partition coefficient (Wildman–Crippen LogP) is 3.26. The Balaban J connectivity index is 2.06. The summed E-state index contributed by atoms with van der Waals surface area (Å²) in [7, 11) is 1.63. The van der Waals surface area contributed by atoms with Crippen LogP contribution in [-0.2, 0) is 6.54 Å². The molecule has 0 fully saturated rings. The van der Waals surface area contributed by atoms with Crippen molar-refractivity contribution < 1.29 is 9.31 Å². The molecule has 9 heteroatoms. The molecule has 25 heavy (non-hydrogen) atoms. The third kappa shape index (κ3) is 3.29. The number of nitro benzene ring substituents is 1. The first-order valence-electron chi connectivity index (χ1n) is 7.17. The van der Waals surface area contributed by atoms with Crippen LogP contribution < -0.4 is 10.5 Å². The number of halogens is 2. The van der Waals surface area contributed by atoms with E-state index < -0.39 is 16.3 Å². The SMILES string of the molecule is CN(Cc1ccc(Cl)c(F)c1)c1cc2nc[nH]c(=O)c2cc1[N+](=O)[O-]. The lowest BCUT2D eigenvalue weighted by Crippen LogP contribution is -2.18. The zero-order valence-electron chi connectivity index (χ0n) is 13.0. The minimum absolute atomic E-state index is 0.00603. The fraction of sp³-hybridized carbons (Fsp3) is 0.125. The van der Waals surface area contributed by atoms with Crippen LogP contribution in [0.3, 0.4) is 0 Å². The van der Waals surface area contributed by atoms with Crippen molar-refractivity contribution in [3.63, 3.8) is 0 Å². The molecule has 0 aliphatic rings. The molecule has 0 saturated heterocycles. The minimum atomic E-state index is -0.569. The number of anilines is 1. The predicted molar refractivity (Wildman–Crippen MR) is 92.5 cm³/mol. The molecule has 0 bridgehead atoms. The number of nitrogens with zero attached hydrogens (tertiary/aromatic N) is 3. The number of aromatic nitrogens is 2. The average molecular weight is 363 g/mol. The monoisotopic (exact) mass is 362 g/mol. The van der Waals surface area contributed by atoms with Crippen LogP contribution in [0.25, 0.3) is 10.9 Å². The summed E-state index contributed by atoms with van der Waals surface area (Å²) in [6.07, 6.45) is 1.23. The van der Waals surface area contributed by atoms with Crippen molar-refractivity contribution >= 4 is 33.9 Å². The molecule has 0 amide bonds. The first-order valence-corrected chi connectivity index (χ1v) is 7.55. The third-order valence-electron chi connectivity index (χ3n) is 3.75. The van der Waals surface area contributed by atoms with Gasteiger partial charge in [0.25, 0.3) is 11.2 Å². The summed E-state index contributed by atoms with van der Waals surface area (Å²) < 4.78 is 13.6. The van der Waals surface area contributed by atoms with E-state index in [-0.39, 0.29) is 28.3 Å². The molecule has 0 spiro atoms. The Kier molecular flexibility index (Phi) is 4.37. The Hall–Kier alpha value is -3.00. The van der Waals surface area contributed by atoms with Gasteiger partial charge in [-0.3, -0.25) is 14.9 Å². The second-order valence-corrected chi connectivity index (χ2v) is 5.86. The Morgan fingerprint density at radius 3 is 2.80 bits per heavy atom. The number of nitrogens with one attached hydrogen (secondary N) is 1. The van der Waals surface area contributed by atoms with Crippen molar-refractivity contribution in [2.45, 2.75) is 6.54 Å². The number of benzene rings is 2. The van der Waals surface area contributed by atoms with Crippen LogP contribution in [0.15, 0.2) is 41.5 Å². The van der Waals surface area contributed by atoms with E-state index in [9.17, 15) is 19.3 Å². The fourth-order valence-corrected chi connectivity index (χ4v) is 2.66. The van der Waals surface area contributed by atoms with E-state index in [1.807, 2.05) is 0 Å². The highest BCUT2D eigenvalue weighted by atomic mass is 35.5. The first kappa shape index (κ1) is 16.8. The second kappa shape index (κ2) is 6.48. The number of H-pyrrole nitrogens is 1. The van der Waals surface area contributed by atoms with Gasteiger partial charge in [0.1, 0.15) is 11.5 Å². The lowest BCUT2D eigenvalue weighted by molar-refractivity contribution is -0.384. The maximum absolute atomic E-state index is 13.6. The van der Waals surface area contributed by atoms with Crippen LogP contribution in [0.1, 0.15) is 5.56 Å². The van der Waals surface area contributed by atoms with Crippen LogP contribution in [0.4, 0.5) is 15.8 Å². The third-order valence-corrected chi connectivity index (χ3v) is 4.06. The molecular weight excluding hydrogens is 351 g/mol. The van der Waals surface area contributed by atoms with Gasteiger partial charge in [-0.2, -0.15) is 0 Å². The minimum Gasteiger partial charge on any atom is -0.365 e. The van der Waals surface area contributed by atoms with Crippen molar-refractivity contribution in [3.05, 3.63) is 73.5 Å². The van der Waals surface area contributed by atoms with Gasteiger partial charge in [-0.1, -0.05) is 17.7 Å². The summed E-state index contributed by atoms with van der Waals surface area (Å²) in [6.45, 7) is 0.212. The Morgan fingerprint density at radius 2 is 2.12 bits per heavy atom. The first-order chi connectivity index (χ1) is 11.9. The topological polar surface area (TPSA) is 92.1 Å². The van der Waals surface area contributed by atoms with Crippen LogP contribution in [0, 0.1) is 15.9 Å². The lowest BCUT2D eigenvalue weighted by atomic mass is 10.1. The molecule has 128 valence electrons. The van der Waals surface area contributed by atoms with Gasteiger partial charge in [-0.05, 0) is 23.8 Å². The summed E-state index contributed by atoms with van der Waals surface area (Å²) >= 11 is 5.66. The van der Waals surface area contributed by atoms with Gasteiger partial charge < -0.3 is 9.88 Å². The van der Waals surface area contributed by atoms with Crippen LogP contribution in [0.5, 0.6) is 0 Å². The zero-order chi connectivity index (χ0) is 18.1. The van der Waals surface area contributed by atoms with Gasteiger partial charge in [0, 0.05) is 19.7 Å². The van der Waals surface area contributed by atoms with Crippen molar-refractivity contribution in [1.29, 1.82) is 0 Å². The molecule has 0 unspecified atom stereocenters. The Bertz CT molecular complexity index is 1040. The molecule has 3 rings (SSSR count). The zero-order valence-corrected chi connectivity index (χ0v) is 13.7. The average Bonchev–Trinajstić information content (AvgIpc) is 2.57. The quantitative estimate of drug-likeness (QED) is 0.568. The normalized spacial score (nSPS) is 10.8. The highest BCUT2D eigenvalue weighted by Gasteiger charge is 2.20. The number of aromatic amines is 1. The van der Waals surface area contributed by atoms with Crippen molar-refractivity contribution in [1.82, 2.24) is 9.97 Å². The molecule has 3 aromatic rings. The Morgan fingerprint density at radius 1 is 1.36 bits per heavy atom. The molecule has 0 radical (unpaired) electrons. The van der Waals surface area contributed by atoms with E-state index in [1.54, 1.807) is 18.0 Å². The summed E-state index contributed by atoms with van der Waals surface area (Å²) in [5.74, 6) is -0.561. The van der Waals surface area contributed by atoms with Gasteiger partial charge in [0.05, 0.1) is 27.2 Å². The maximum atomic E-state index is 13.6. The molecule has 7 nitrogen and oxygen atoms in total. The van der Waals surface area contributed by atoms with Gasteiger partial charge in [0.2, 0.25) is 0 Å². The largest absolute Gasteiger partial charge is 0.365 e. The number of hydrogen-bond acceptors (Lipinski definition) is 5. The lowest BCUT2D eigenvalue weighted by Gasteiger charge is -2.19. The second-order valence-electron chi connectivity index (χ2n) is 5.45. The van der Waals surface area contributed by atoms with Crippen molar-refractivity contribution in [3.8, 4) is 0 Å². The number of rotatable bonds is 4. The highest BCUT2D eigenvalue weighted by molar-refractivity contribution is 6.30. The van der Waals surface area contributed by atoms with Crippen LogP contribution >= 0.6 is 11.6 Å². The van der Waals surface area contributed by atoms with Crippen molar-refractivity contribution in [2.75, 3.05) is 11.9 Å². The Labute approximate surface area is 145 Å². The van der Waals surface area contributed by atoms with Crippen LogP contribution in [0.2, 0.25) is 5.02 Å². The van der Waals surface area contributed by atoms with E-state index in [1.165, 1.54) is 30.6 Å². The number of nitro groups is 1.